The Hall–Kier alpha value is -1.81. The SMILES string of the molecule is CNCC=Cc1ccc(N)c(C(=O)OC)c1. The van der Waals surface area contributed by atoms with E-state index in [0.717, 1.165) is 12.1 Å². The molecule has 0 atom stereocenters. The zero-order valence-corrected chi connectivity index (χ0v) is 9.49. The number of hydrogen-bond donors (Lipinski definition) is 2. The number of carbonyl (C=O) groups is 1. The third-order valence-electron chi connectivity index (χ3n) is 2.11. The molecule has 0 spiro atoms. The van der Waals surface area contributed by atoms with Crippen molar-refractivity contribution in [3.05, 3.63) is 35.4 Å². The molecule has 0 aliphatic carbocycles. The zero-order valence-electron chi connectivity index (χ0n) is 9.49. The molecular weight excluding hydrogens is 204 g/mol. The van der Waals surface area contributed by atoms with E-state index in [0.29, 0.717) is 11.3 Å². The van der Waals surface area contributed by atoms with Crippen LogP contribution >= 0.6 is 0 Å². The molecule has 0 saturated heterocycles. The molecule has 0 amide bonds. The Kier molecular flexibility index (Phi) is 4.54. The molecule has 0 aromatic heterocycles. The number of carbonyl (C=O) groups excluding carboxylic acids is 1. The van der Waals surface area contributed by atoms with Crippen molar-refractivity contribution in [1.29, 1.82) is 0 Å². The van der Waals surface area contributed by atoms with Gasteiger partial charge in [0.1, 0.15) is 0 Å². The van der Waals surface area contributed by atoms with E-state index in [1.165, 1.54) is 7.11 Å². The lowest BCUT2D eigenvalue weighted by Gasteiger charge is -2.04. The first-order chi connectivity index (χ1) is 7.69. The zero-order chi connectivity index (χ0) is 12.0. The van der Waals surface area contributed by atoms with E-state index in [9.17, 15) is 4.79 Å². The lowest BCUT2D eigenvalue weighted by molar-refractivity contribution is 0.0602. The summed E-state index contributed by atoms with van der Waals surface area (Å²) in [6.45, 7) is 0.776. The third-order valence-corrected chi connectivity index (χ3v) is 2.11. The highest BCUT2D eigenvalue weighted by molar-refractivity contribution is 5.95. The summed E-state index contributed by atoms with van der Waals surface area (Å²) in [7, 11) is 3.21. The van der Waals surface area contributed by atoms with Crippen LogP contribution in [0.1, 0.15) is 15.9 Å². The highest BCUT2D eigenvalue weighted by atomic mass is 16.5. The van der Waals surface area contributed by atoms with Gasteiger partial charge in [-0.3, -0.25) is 0 Å². The van der Waals surface area contributed by atoms with Gasteiger partial charge in [0.15, 0.2) is 0 Å². The molecule has 1 rings (SSSR count). The predicted octanol–water partition coefficient (Wildman–Crippen LogP) is 1.29. The minimum absolute atomic E-state index is 0.397. The van der Waals surface area contributed by atoms with Gasteiger partial charge in [-0.2, -0.15) is 0 Å². The smallest absolute Gasteiger partial charge is 0.339 e. The molecule has 86 valence electrons. The Bertz CT molecular complexity index is 400. The molecule has 1 aromatic carbocycles. The molecule has 0 radical (unpaired) electrons. The number of likely N-dealkylation sites (N-methyl/N-ethyl adjacent to an activating group) is 1. The maximum absolute atomic E-state index is 11.4. The molecular formula is C12H16N2O2. The van der Waals surface area contributed by atoms with Crippen molar-refractivity contribution in [2.24, 2.45) is 0 Å². The van der Waals surface area contributed by atoms with Gasteiger partial charge in [0.25, 0.3) is 0 Å². The molecule has 0 saturated carbocycles. The van der Waals surface area contributed by atoms with E-state index >= 15 is 0 Å². The van der Waals surface area contributed by atoms with E-state index in [2.05, 4.69) is 10.1 Å². The molecule has 0 unspecified atom stereocenters. The van der Waals surface area contributed by atoms with Gasteiger partial charge in [-0.1, -0.05) is 18.2 Å². The normalized spacial score (nSPS) is 10.6. The first kappa shape index (κ1) is 12.3. The fraction of sp³-hybridized carbons (Fsp3) is 0.250. The van der Waals surface area contributed by atoms with Crippen LogP contribution in [0, 0.1) is 0 Å². The first-order valence-electron chi connectivity index (χ1n) is 4.98. The van der Waals surface area contributed by atoms with Crippen LogP contribution in [0.15, 0.2) is 24.3 Å². The topological polar surface area (TPSA) is 64.3 Å². The molecule has 0 aliphatic rings. The number of hydrogen-bond acceptors (Lipinski definition) is 4. The highest BCUT2D eigenvalue weighted by Gasteiger charge is 2.09. The fourth-order valence-corrected chi connectivity index (χ4v) is 1.28. The van der Waals surface area contributed by atoms with E-state index in [1.807, 2.05) is 25.3 Å². The summed E-state index contributed by atoms with van der Waals surface area (Å²) in [5, 5.41) is 2.99. The van der Waals surface area contributed by atoms with Crippen LogP contribution in [0.4, 0.5) is 5.69 Å². The lowest BCUT2D eigenvalue weighted by atomic mass is 10.1. The summed E-state index contributed by atoms with van der Waals surface area (Å²) >= 11 is 0. The number of methoxy groups -OCH3 is 1. The Labute approximate surface area is 95.1 Å². The van der Waals surface area contributed by atoms with Gasteiger partial charge in [-0.25, -0.2) is 4.79 Å². The highest BCUT2D eigenvalue weighted by Crippen LogP contribution is 2.16. The molecule has 3 N–H and O–H groups in total. The third kappa shape index (κ3) is 3.10. The molecule has 0 heterocycles. The number of nitrogens with two attached hydrogens (primary N) is 1. The van der Waals surface area contributed by atoms with Crippen molar-refractivity contribution in [1.82, 2.24) is 5.32 Å². The largest absolute Gasteiger partial charge is 0.465 e. The Morgan fingerprint density at radius 1 is 1.56 bits per heavy atom. The maximum Gasteiger partial charge on any atom is 0.339 e. The summed E-state index contributed by atoms with van der Waals surface area (Å²) < 4.78 is 4.64. The summed E-state index contributed by atoms with van der Waals surface area (Å²) in [5.74, 6) is -0.415. The monoisotopic (exact) mass is 220 g/mol. The van der Waals surface area contributed by atoms with Crippen molar-refractivity contribution in [3.8, 4) is 0 Å². The molecule has 4 nitrogen and oxygen atoms in total. The van der Waals surface area contributed by atoms with Crippen LogP contribution < -0.4 is 11.1 Å². The number of esters is 1. The van der Waals surface area contributed by atoms with Gasteiger partial charge in [0, 0.05) is 12.2 Å². The van der Waals surface area contributed by atoms with Crippen LogP contribution in [0.5, 0.6) is 0 Å². The van der Waals surface area contributed by atoms with Gasteiger partial charge in [-0.05, 0) is 24.7 Å². The van der Waals surface area contributed by atoms with Crippen LogP contribution in [-0.4, -0.2) is 26.7 Å². The number of nitrogen functional groups attached to an aromatic ring is 1. The molecule has 4 heteroatoms. The second-order valence-electron chi connectivity index (χ2n) is 3.30. The van der Waals surface area contributed by atoms with Gasteiger partial charge < -0.3 is 15.8 Å². The number of benzene rings is 1. The Morgan fingerprint density at radius 2 is 2.31 bits per heavy atom. The summed E-state index contributed by atoms with van der Waals surface area (Å²) in [6, 6.07) is 5.27. The second kappa shape index (κ2) is 5.92. The van der Waals surface area contributed by atoms with E-state index in [-0.39, 0.29) is 0 Å². The maximum atomic E-state index is 11.4. The first-order valence-corrected chi connectivity index (χ1v) is 4.98. The van der Waals surface area contributed by atoms with Crippen molar-refractivity contribution < 1.29 is 9.53 Å². The minimum atomic E-state index is -0.415. The van der Waals surface area contributed by atoms with E-state index < -0.39 is 5.97 Å². The Morgan fingerprint density at radius 3 is 2.94 bits per heavy atom. The van der Waals surface area contributed by atoms with Gasteiger partial charge >= 0.3 is 5.97 Å². The molecule has 1 aromatic rings. The molecule has 0 fully saturated rings. The average Bonchev–Trinajstić information content (AvgIpc) is 2.30. The van der Waals surface area contributed by atoms with E-state index in [4.69, 9.17) is 5.73 Å². The van der Waals surface area contributed by atoms with E-state index in [1.54, 1.807) is 12.1 Å². The van der Waals surface area contributed by atoms with Crippen LogP contribution in [0.25, 0.3) is 6.08 Å². The minimum Gasteiger partial charge on any atom is -0.465 e. The number of rotatable bonds is 4. The van der Waals surface area contributed by atoms with Crippen molar-refractivity contribution in [2.45, 2.75) is 0 Å². The summed E-state index contributed by atoms with van der Waals surface area (Å²) in [5.41, 5.74) is 7.43. The fourth-order valence-electron chi connectivity index (χ4n) is 1.28. The van der Waals surface area contributed by atoms with Gasteiger partial charge in [0.2, 0.25) is 0 Å². The summed E-state index contributed by atoms with van der Waals surface area (Å²) in [4.78, 5) is 11.4. The Balaban J connectivity index is 2.93. The van der Waals surface area contributed by atoms with Gasteiger partial charge in [0.05, 0.1) is 12.7 Å². The lowest BCUT2D eigenvalue weighted by Crippen LogP contribution is -2.06. The standard InChI is InChI=1S/C12H16N2O2/c1-14-7-3-4-9-5-6-11(13)10(8-9)12(15)16-2/h3-6,8,14H,7,13H2,1-2H3. The quantitative estimate of drug-likeness (QED) is 0.592. The summed E-state index contributed by atoms with van der Waals surface area (Å²) in [6.07, 6.45) is 3.88. The van der Waals surface area contributed by atoms with Crippen LogP contribution in [-0.2, 0) is 4.74 Å². The number of anilines is 1. The van der Waals surface area contributed by atoms with Crippen LogP contribution in [0.2, 0.25) is 0 Å². The molecule has 16 heavy (non-hydrogen) atoms. The second-order valence-corrected chi connectivity index (χ2v) is 3.30. The van der Waals surface area contributed by atoms with Gasteiger partial charge in [-0.15, -0.1) is 0 Å². The molecule has 0 aliphatic heterocycles. The van der Waals surface area contributed by atoms with Crippen molar-refractivity contribution >= 4 is 17.7 Å². The number of nitrogens with one attached hydrogen (secondary N) is 1. The number of ether oxygens (including phenoxy) is 1. The molecule has 0 bridgehead atoms. The van der Waals surface area contributed by atoms with Crippen molar-refractivity contribution in [2.75, 3.05) is 26.4 Å². The predicted molar refractivity (Wildman–Crippen MR) is 65.2 cm³/mol. The van der Waals surface area contributed by atoms with Crippen LogP contribution in [0.3, 0.4) is 0 Å². The van der Waals surface area contributed by atoms with Crippen molar-refractivity contribution in [3.63, 3.8) is 0 Å². The average molecular weight is 220 g/mol.